The first kappa shape index (κ1) is 12.2. The number of fused-ring (bicyclic) bond motifs is 1. The zero-order valence-corrected chi connectivity index (χ0v) is 11.7. The molecular formula is C16H18N2O. The summed E-state index contributed by atoms with van der Waals surface area (Å²) in [4.78, 5) is 16.5. The van der Waals surface area contributed by atoms with Crippen molar-refractivity contribution in [3.63, 3.8) is 0 Å². The fourth-order valence-corrected chi connectivity index (χ4v) is 2.98. The van der Waals surface area contributed by atoms with Gasteiger partial charge in [0, 0.05) is 29.1 Å². The first-order chi connectivity index (χ1) is 9.08. The molecule has 3 heteroatoms. The van der Waals surface area contributed by atoms with Crippen LogP contribution in [0.1, 0.15) is 46.0 Å². The van der Waals surface area contributed by atoms with Gasteiger partial charge in [0.05, 0.1) is 11.4 Å². The van der Waals surface area contributed by atoms with Gasteiger partial charge in [0.15, 0.2) is 5.78 Å². The van der Waals surface area contributed by atoms with Crippen LogP contribution < -0.4 is 0 Å². The van der Waals surface area contributed by atoms with Gasteiger partial charge in [-0.15, -0.1) is 0 Å². The smallest absolute Gasteiger partial charge is 0.164 e. The Morgan fingerprint density at radius 3 is 2.68 bits per heavy atom. The third-order valence-corrected chi connectivity index (χ3v) is 3.84. The Labute approximate surface area is 113 Å². The second kappa shape index (κ2) is 4.34. The van der Waals surface area contributed by atoms with Crippen LogP contribution in [0.4, 0.5) is 0 Å². The molecule has 19 heavy (non-hydrogen) atoms. The summed E-state index contributed by atoms with van der Waals surface area (Å²) in [7, 11) is 0. The molecule has 1 aliphatic rings. The molecule has 0 N–H and O–H groups in total. The van der Waals surface area contributed by atoms with E-state index in [4.69, 9.17) is 0 Å². The lowest BCUT2D eigenvalue weighted by Gasteiger charge is -2.17. The molecule has 2 aromatic heterocycles. The second-order valence-electron chi connectivity index (χ2n) is 5.32. The second-order valence-corrected chi connectivity index (χ2v) is 5.32. The summed E-state index contributed by atoms with van der Waals surface area (Å²) < 4.78 is 2.20. The first-order valence-electron chi connectivity index (χ1n) is 6.77. The molecule has 2 aromatic rings. The molecule has 0 amide bonds. The van der Waals surface area contributed by atoms with Gasteiger partial charge in [-0.3, -0.25) is 9.78 Å². The number of pyridine rings is 1. The van der Waals surface area contributed by atoms with Crippen LogP contribution in [0.5, 0.6) is 0 Å². The molecule has 1 aliphatic carbocycles. The number of rotatable bonds is 1. The lowest BCUT2D eigenvalue weighted by Crippen LogP contribution is -2.13. The van der Waals surface area contributed by atoms with Gasteiger partial charge in [0.1, 0.15) is 0 Å². The number of carbonyl (C=O) groups excluding carboxylic acids is 1. The standard InChI is InChI=1S/C16H18N2O/c1-10-7-8-14(12(3)17-10)18-11(2)9-13-15(18)5-4-6-16(13)19/h7-9H,4-6H2,1-3H3. The maximum Gasteiger partial charge on any atom is 0.164 e. The van der Waals surface area contributed by atoms with Crippen LogP contribution in [-0.2, 0) is 6.42 Å². The fourth-order valence-electron chi connectivity index (χ4n) is 2.98. The normalized spacial score (nSPS) is 14.6. The largest absolute Gasteiger partial charge is 0.316 e. The highest BCUT2D eigenvalue weighted by Gasteiger charge is 2.23. The highest BCUT2D eigenvalue weighted by atomic mass is 16.1. The summed E-state index contributed by atoms with van der Waals surface area (Å²) in [6.07, 6.45) is 2.61. The minimum absolute atomic E-state index is 0.279. The number of Topliss-reactive ketones (excluding diaryl/α,β-unsaturated/α-hetero) is 1. The molecule has 0 aliphatic heterocycles. The van der Waals surface area contributed by atoms with E-state index in [1.54, 1.807) is 0 Å². The van der Waals surface area contributed by atoms with E-state index in [2.05, 4.69) is 22.5 Å². The molecule has 3 nitrogen and oxygen atoms in total. The van der Waals surface area contributed by atoms with Gasteiger partial charge in [-0.25, -0.2) is 0 Å². The fraction of sp³-hybridized carbons (Fsp3) is 0.375. The number of hydrogen-bond acceptors (Lipinski definition) is 2. The molecule has 2 heterocycles. The van der Waals surface area contributed by atoms with E-state index < -0.39 is 0 Å². The van der Waals surface area contributed by atoms with Crippen LogP contribution in [0.3, 0.4) is 0 Å². The van der Waals surface area contributed by atoms with Gasteiger partial charge in [-0.2, -0.15) is 0 Å². The van der Waals surface area contributed by atoms with Crippen LogP contribution in [0.2, 0.25) is 0 Å². The van der Waals surface area contributed by atoms with Crippen LogP contribution >= 0.6 is 0 Å². The number of carbonyl (C=O) groups is 1. The lowest BCUT2D eigenvalue weighted by molar-refractivity contribution is 0.0972. The van der Waals surface area contributed by atoms with Gasteiger partial charge in [-0.05, 0) is 51.8 Å². The van der Waals surface area contributed by atoms with Gasteiger partial charge in [0.25, 0.3) is 0 Å². The van der Waals surface area contributed by atoms with Crippen molar-refractivity contribution in [1.82, 2.24) is 9.55 Å². The van der Waals surface area contributed by atoms with E-state index >= 15 is 0 Å². The summed E-state index contributed by atoms with van der Waals surface area (Å²) in [5.74, 6) is 0.279. The van der Waals surface area contributed by atoms with Crippen molar-refractivity contribution in [2.24, 2.45) is 0 Å². The summed E-state index contributed by atoms with van der Waals surface area (Å²) in [5.41, 5.74) is 6.31. The van der Waals surface area contributed by atoms with Crippen molar-refractivity contribution in [2.75, 3.05) is 0 Å². The summed E-state index contributed by atoms with van der Waals surface area (Å²) in [5, 5.41) is 0. The number of ketones is 1. The molecule has 0 bridgehead atoms. The molecule has 0 unspecified atom stereocenters. The first-order valence-corrected chi connectivity index (χ1v) is 6.77. The number of aromatic nitrogens is 2. The van der Waals surface area contributed by atoms with Crippen LogP contribution in [0, 0.1) is 20.8 Å². The number of nitrogens with zero attached hydrogens (tertiary/aromatic N) is 2. The van der Waals surface area contributed by atoms with Crippen molar-refractivity contribution < 1.29 is 4.79 Å². The van der Waals surface area contributed by atoms with E-state index in [0.717, 1.165) is 46.9 Å². The number of hydrogen-bond donors (Lipinski definition) is 0. The van der Waals surface area contributed by atoms with Crippen LogP contribution in [0.15, 0.2) is 18.2 Å². The molecular weight excluding hydrogens is 236 g/mol. The number of aryl methyl sites for hydroxylation is 3. The van der Waals surface area contributed by atoms with Crippen LogP contribution in [0.25, 0.3) is 5.69 Å². The third-order valence-electron chi connectivity index (χ3n) is 3.84. The molecule has 0 radical (unpaired) electrons. The molecule has 0 spiro atoms. The lowest BCUT2D eigenvalue weighted by atomic mass is 9.96. The molecule has 0 saturated carbocycles. The quantitative estimate of drug-likeness (QED) is 0.782. The van der Waals surface area contributed by atoms with Crippen molar-refractivity contribution in [3.05, 3.63) is 46.5 Å². The minimum Gasteiger partial charge on any atom is -0.316 e. The van der Waals surface area contributed by atoms with Crippen molar-refractivity contribution in [1.29, 1.82) is 0 Å². The minimum atomic E-state index is 0.279. The highest BCUT2D eigenvalue weighted by molar-refractivity contribution is 5.98. The van der Waals surface area contributed by atoms with E-state index in [1.807, 2.05) is 26.0 Å². The zero-order valence-electron chi connectivity index (χ0n) is 11.7. The van der Waals surface area contributed by atoms with E-state index in [0.29, 0.717) is 6.42 Å². The average molecular weight is 254 g/mol. The van der Waals surface area contributed by atoms with Crippen LogP contribution in [-0.4, -0.2) is 15.3 Å². The Kier molecular flexibility index (Phi) is 2.77. The molecule has 0 saturated heterocycles. The summed E-state index contributed by atoms with van der Waals surface area (Å²) in [6, 6.07) is 6.15. The molecule has 3 rings (SSSR count). The molecule has 0 fully saturated rings. The Morgan fingerprint density at radius 2 is 1.95 bits per heavy atom. The summed E-state index contributed by atoms with van der Waals surface area (Å²) >= 11 is 0. The van der Waals surface area contributed by atoms with Gasteiger partial charge >= 0.3 is 0 Å². The van der Waals surface area contributed by atoms with Crippen molar-refractivity contribution >= 4 is 5.78 Å². The topological polar surface area (TPSA) is 34.9 Å². The van der Waals surface area contributed by atoms with Gasteiger partial charge in [0.2, 0.25) is 0 Å². The van der Waals surface area contributed by atoms with Gasteiger partial charge in [-0.1, -0.05) is 0 Å². The SMILES string of the molecule is Cc1ccc(-n2c(C)cc3c2CCCC3=O)c(C)n1. The Hall–Kier alpha value is -1.90. The van der Waals surface area contributed by atoms with E-state index in [-0.39, 0.29) is 5.78 Å². The van der Waals surface area contributed by atoms with Gasteiger partial charge < -0.3 is 4.57 Å². The van der Waals surface area contributed by atoms with E-state index in [1.165, 1.54) is 0 Å². The Morgan fingerprint density at radius 1 is 1.16 bits per heavy atom. The third kappa shape index (κ3) is 1.89. The molecule has 98 valence electrons. The van der Waals surface area contributed by atoms with Crippen molar-refractivity contribution in [3.8, 4) is 5.69 Å². The Balaban J connectivity index is 2.23. The van der Waals surface area contributed by atoms with E-state index in [9.17, 15) is 4.79 Å². The zero-order chi connectivity index (χ0) is 13.6. The molecule has 0 aromatic carbocycles. The average Bonchev–Trinajstić information content (AvgIpc) is 2.68. The predicted octanol–water partition coefficient (Wildman–Crippen LogP) is 3.32. The molecule has 0 atom stereocenters. The monoisotopic (exact) mass is 254 g/mol. The van der Waals surface area contributed by atoms with Crippen molar-refractivity contribution in [2.45, 2.75) is 40.0 Å². The summed E-state index contributed by atoms with van der Waals surface area (Å²) in [6.45, 7) is 6.09. The Bertz CT molecular complexity index is 668. The predicted molar refractivity (Wildman–Crippen MR) is 75.0 cm³/mol. The maximum atomic E-state index is 12.0. The maximum absolute atomic E-state index is 12.0. The highest BCUT2D eigenvalue weighted by Crippen LogP contribution is 2.28.